The Kier molecular flexibility index (Phi) is 34.2. The van der Waals surface area contributed by atoms with E-state index in [2.05, 4.69) is 213 Å². The zero-order valence-electron chi connectivity index (χ0n) is 87.9. The van der Waals surface area contributed by atoms with Gasteiger partial charge in [0.15, 0.2) is 0 Å². The molecule has 1 heterocycles. The molecule has 28 heteroatoms. The molecule has 142 heavy (non-hydrogen) atoms. The number of alkyl halides is 2. The Morgan fingerprint density at radius 1 is 0.331 bits per heavy atom. The van der Waals surface area contributed by atoms with Crippen LogP contribution in [0, 0.1) is 172 Å². The van der Waals surface area contributed by atoms with Crippen LogP contribution in [0.25, 0.3) is 0 Å². The second-order valence-electron chi connectivity index (χ2n) is 54.8. The second kappa shape index (κ2) is 43.4. The van der Waals surface area contributed by atoms with Crippen LogP contribution in [-0.4, -0.2) is 134 Å². The van der Waals surface area contributed by atoms with Crippen LogP contribution in [-0.2, 0) is 54.8 Å². The van der Waals surface area contributed by atoms with Crippen molar-refractivity contribution in [3.8, 4) is 0 Å². The molecule has 2 bridgehead atoms. The molecular formula is C114H188Br2O16P10. The number of fused-ring (bicyclic) bond motifs is 28. The van der Waals surface area contributed by atoms with Crippen molar-refractivity contribution >= 4 is 133 Å². The molecule has 0 aromatic heterocycles. The summed E-state index contributed by atoms with van der Waals surface area (Å²) in [5, 5.41) is 42.2. The molecule has 28 unspecified atom stereocenters. The van der Waals surface area contributed by atoms with E-state index in [1.807, 2.05) is 0 Å². The third kappa shape index (κ3) is 18.0. The average molecular weight is 2280 g/mol. The summed E-state index contributed by atoms with van der Waals surface area (Å²) < 4.78 is 63.4. The van der Waals surface area contributed by atoms with Crippen molar-refractivity contribution in [2.45, 2.75) is 465 Å². The SMILES string of the molecule is C[C@]12CCC3C(CC=C4C[C@@H](OP)CC[C@@]43C=O)C1CC[C@@H]2OP.C[C@]12CCC3C(CC=C4C[C@@H](OP)CC[C@@]43CO)C1CC[C@@H]2OP.C[C@]12CCC3C(C[C@@H](O)[C@@]4(Br)C[C@@H](OP)CC[C@]34C)C1CC[C@@H]2OP.C[C@]12CCC3C(C[C@H]4OC[C@@]35CC[C@H](OP)C[C@]45Br)C1CC[C@@H]2OP.C[C@]12CC[C@H](O)CC1=CCC1C2CC[C@@]2(C)C1CC[C@@H]2O.C[C@]12CC[C@H](OP)CC1=CCC1C2CC[C@@]2(C)C1CC[C@@H]2OP. The maximum absolute atomic E-state index is 12.3. The molecule has 56 atom stereocenters. The van der Waals surface area contributed by atoms with Crippen molar-refractivity contribution in [1.29, 1.82) is 0 Å². The number of rotatable bonds is 12. The molecule has 4 N–H and O–H groups in total. The topological polar surface area (TPSA) is 200 Å². The molecule has 0 aromatic carbocycles. The third-order valence-corrected chi connectivity index (χ3v) is 58.0. The first-order valence-corrected chi connectivity index (χ1v) is 63.7. The Morgan fingerprint density at radius 3 is 1.19 bits per heavy atom. The fraction of sp³-hybridized carbons (Fsp3) is 0.921. The number of hydrogen-bond acceptors (Lipinski definition) is 16. The third-order valence-electron chi connectivity index (χ3n) is 51.1. The largest absolute Gasteiger partial charge is 0.395 e. The first-order valence-electron chi connectivity index (χ1n) is 57.4. The number of aldehydes is 1. The molecule has 16 nitrogen and oxygen atoms in total. The smallest absolute Gasteiger partial charge is 0.130 e. The lowest BCUT2D eigenvalue weighted by molar-refractivity contribution is -0.152. The van der Waals surface area contributed by atoms with Gasteiger partial charge in [-0.3, -0.25) is 0 Å². The molecule has 21 fully saturated rings. The van der Waals surface area contributed by atoms with E-state index < -0.39 is 0 Å². The minimum atomic E-state index is -0.292. The molecule has 25 rings (SSSR count). The van der Waals surface area contributed by atoms with Crippen LogP contribution in [0.4, 0.5) is 0 Å². The Bertz CT molecular complexity index is 4560. The minimum absolute atomic E-state index is 0.0316. The molecular weight excluding hydrogens is 2090 g/mol. The van der Waals surface area contributed by atoms with Gasteiger partial charge in [0.25, 0.3) is 0 Å². The number of allylic oxidation sites excluding steroid dienone is 4. The molecule has 1 saturated heterocycles. The Hall–Kier alpha value is 3.29. The van der Waals surface area contributed by atoms with Gasteiger partial charge >= 0.3 is 0 Å². The molecule has 20 saturated carbocycles. The van der Waals surface area contributed by atoms with Crippen LogP contribution < -0.4 is 0 Å². The number of carbonyl (C=O) groups excluding carboxylic acids is 1. The number of ether oxygens (including phenoxy) is 1. The summed E-state index contributed by atoms with van der Waals surface area (Å²) in [5.41, 5.74) is 9.03. The maximum atomic E-state index is 12.3. The van der Waals surface area contributed by atoms with E-state index >= 15 is 0 Å². The van der Waals surface area contributed by atoms with E-state index in [1.54, 1.807) is 11.1 Å². The Morgan fingerprint density at radius 2 is 0.697 bits per heavy atom. The number of aliphatic hydroxyl groups excluding tert-OH is 4. The summed E-state index contributed by atoms with van der Waals surface area (Å²) in [6.45, 7) is 23.4. The summed E-state index contributed by atoms with van der Waals surface area (Å²) in [6, 6.07) is 0. The predicted octanol–water partition coefficient (Wildman–Crippen LogP) is 27.5. The molecule has 1 aliphatic heterocycles. The van der Waals surface area contributed by atoms with Crippen molar-refractivity contribution in [3.05, 3.63) is 46.6 Å². The normalized spacial score (nSPS) is 54.7. The highest BCUT2D eigenvalue weighted by molar-refractivity contribution is 9.10. The van der Waals surface area contributed by atoms with E-state index in [9.17, 15) is 25.2 Å². The highest BCUT2D eigenvalue weighted by Crippen LogP contribution is 2.77. The van der Waals surface area contributed by atoms with Crippen LogP contribution in [0.3, 0.4) is 0 Å². The Labute approximate surface area is 897 Å². The fourth-order valence-electron chi connectivity index (χ4n) is 42.9. The summed E-state index contributed by atoms with van der Waals surface area (Å²) in [7, 11) is 24.8. The highest BCUT2D eigenvalue weighted by Gasteiger charge is 2.75. The Balaban J connectivity index is 0.000000104. The van der Waals surface area contributed by atoms with Crippen molar-refractivity contribution in [2.24, 2.45) is 172 Å². The summed E-state index contributed by atoms with van der Waals surface area (Å²) in [5.74, 6) is 13.3. The van der Waals surface area contributed by atoms with Gasteiger partial charge in [-0.25, -0.2) is 0 Å². The number of carbonyl (C=O) groups is 1. The summed E-state index contributed by atoms with van der Waals surface area (Å²) in [4.78, 5) is 12.3. The van der Waals surface area contributed by atoms with Crippen molar-refractivity contribution < 1.29 is 75.2 Å². The van der Waals surface area contributed by atoms with Crippen LogP contribution in [0.2, 0.25) is 0 Å². The summed E-state index contributed by atoms with van der Waals surface area (Å²) >= 11 is 8.35. The number of hydrogen-bond donors (Lipinski definition) is 4. The first kappa shape index (κ1) is 112. The lowest BCUT2D eigenvalue weighted by Crippen LogP contribution is -2.65. The molecule has 0 radical (unpaired) electrons. The highest BCUT2D eigenvalue weighted by atomic mass is 79.9. The lowest BCUT2D eigenvalue weighted by atomic mass is 9.44. The van der Waals surface area contributed by atoms with Gasteiger partial charge in [0.05, 0.1) is 113 Å². The van der Waals surface area contributed by atoms with E-state index in [4.69, 9.17) is 50.0 Å². The van der Waals surface area contributed by atoms with Crippen LogP contribution in [0.5, 0.6) is 0 Å². The predicted molar refractivity (Wildman–Crippen MR) is 607 cm³/mol. The zero-order chi connectivity index (χ0) is 100. The standard InChI is InChI=1S/C19H31BrO3P2.C19H33BrO3P2.C19H32O3P2.C19H30O3P2.C19H32O2P2.C19H30O2/c1-17-6-5-14-12(13(17)2-3-15(17)23-25)8-16-19(20)9-11(22-24)4-7-18(14,19)10-21-16;1-17-7-6-14-12(13(17)3-4-16(17)23-25)9-15(21)19(20)10-11(22-24)5-8-18(14,19)2;2*1-18-8-7-16-14(15(18)4-5-17(18)22-24)3-2-12-10-13(21-23)6-9-19(12,16)11-20;1-18-9-7-13(20-22)11-12(18)3-4-14-15-5-6-17(21-23)19(15,2)10-8-16(14)18;1-18-9-7-13(20)11-12(18)3-4-14-15-5-6-17(21)19(15,2)10-8-16(14)18/h11-16H,2-10,24-25H2,1H3;11-16,21H,3-10,24-25H2,1-2H3;2,13-17,20H,3-11,23-24H2,1H3;2,11,13-17H,3-10,23-24H2,1H3;3,13-17H,4-11,22-23H2,1-2H3;3,13-17,20-21H,4-11H2,1-2H3/t11-,12?,13?,14?,15-,16+,17-,18-,19-;11-,12?,13?,14?,15+,16-,17-,18+,19-;2*13-,14?,15?,16?,17-,18-,19+;2*13-,14?,15?,16?,17-,18-,19-/m000000/s1. The van der Waals surface area contributed by atoms with E-state index in [-0.39, 0.29) is 66.2 Å². The van der Waals surface area contributed by atoms with Crippen LogP contribution >= 0.6 is 127 Å². The molecule has 0 spiro atoms. The van der Waals surface area contributed by atoms with Crippen molar-refractivity contribution in [3.63, 3.8) is 0 Å². The number of halogens is 2. The monoisotopic (exact) mass is 2280 g/mol. The van der Waals surface area contributed by atoms with E-state index in [1.165, 1.54) is 216 Å². The van der Waals surface area contributed by atoms with Crippen LogP contribution in [0.15, 0.2) is 46.6 Å². The van der Waals surface area contributed by atoms with Gasteiger partial charge in [0.2, 0.25) is 0 Å². The average Bonchev–Trinajstić information content (AvgIpc) is 1.40. The van der Waals surface area contributed by atoms with Gasteiger partial charge in [-0.05, 0) is 463 Å². The van der Waals surface area contributed by atoms with Gasteiger partial charge in [-0.2, -0.15) is 0 Å². The minimum Gasteiger partial charge on any atom is -0.395 e. The fourth-order valence-corrected chi connectivity index (χ4v) is 48.6. The maximum Gasteiger partial charge on any atom is 0.130 e. The lowest BCUT2D eigenvalue weighted by Gasteiger charge is -2.65. The molecule has 804 valence electrons. The molecule has 0 aromatic rings. The number of aliphatic hydroxyl groups is 4. The van der Waals surface area contributed by atoms with Gasteiger partial charge in [0, 0.05) is 105 Å². The van der Waals surface area contributed by atoms with Crippen molar-refractivity contribution in [1.82, 2.24) is 0 Å². The molecule has 25 aliphatic rings. The first-order chi connectivity index (χ1) is 67.9. The van der Waals surface area contributed by atoms with Gasteiger partial charge in [-0.1, -0.05) is 141 Å². The van der Waals surface area contributed by atoms with E-state index in [0.29, 0.717) is 147 Å². The molecule has 0 amide bonds. The quantitative estimate of drug-likeness (QED) is 0.0622. The van der Waals surface area contributed by atoms with Crippen LogP contribution in [0.1, 0.15) is 371 Å². The van der Waals surface area contributed by atoms with Gasteiger partial charge in [-0.15, -0.1) is 0 Å². The zero-order valence-corrected chi connectivity index (χ0v) is 103. The molecule has 24 aliphatic carbocycles. The van der Waals surface area contributed by atoms with Gasteiger partial charge < -0.3 is 75.2 Å². The summed E-state index contributed by atoms with van der Waals surface area (Å²) in [6.07, 6.45) is 71.3. The van der Waals surface area contributed by atoms with Crippen molar-refractivity contribution in [2.75, 3.05) is 13.2 Å². The second-order valence-corrected chi connectivity index (χ2v) is 60.3. The van der Waals surface area contributed by atoms with Gasteiger partial charge in [0.1, 0.15) is 6.29 Å². The van der Waals surface area contributed by atoms with E-state index in [0.717, 1.165) is 175 Å².